The standard InChI is InChI=1S/C24H27N5O5S/c1-17-4-3-5-19(14-17)29-22(31)15-21(30)23(26-29)24(32)25-16-18-6-8-20(9-7-18)35(33,34)28-12-10-27(2)11-13-28/h3-9,14-15,30H,10-13,16H2,1-2H3,(H,25,32). The maximum Gasteiger partial charge on any atom is 0.275 e. The fraction of sp³-hybridized carbons (Fsp3) is 0.292. The zero-order chi connectivity index (χ0) is 25.2. The molecule has 0 unspecified atom stereocenters. The molecule has 1 amide bonds. The number of hydrogen-bond donors (Lipinski definition) is 2. The van der Waals surface area contributed by atoms with Crippen LogP contribution in [0, 0.1) is 6.92 Å². The fourth-order valence-electron chi connectivity index (χ4n) is 3.78. The van der Waals surface area contributed by atoms with Gasteiger partial charge in [-0.3, -0.25) is 9.59 Å². The van der Waals surface area contributed by atoms with Crippen molar-refractivity contribution in [3.05, 3.63) is 81.8 Å². The number of carbonyl (C=O) groups excluding carboxylic acids is 1. The Morgan fingerprint density at radius 1 is 1.06 bits per heavy atom. The SMILES string of the molecule is Cc1cccc(-n2nc(C(=O)NCc3ccc(S(=O)(=O)N4CCN(C)CC4)cc3)c(O)cc2=O)c1. The van der Waals surface area contributed by atoms with Gasteiger partial charge in [-0.25, -0.2) is 8.42 Å². The van der Waals surface area contributed by atoms with Gasteiger partial charge in [-0.2, -0.15) is 14.1 Å². The van der Waals surface area contributed by atoms with Crippen molar-refractivity contribution in [1.82, 2.24) is 24.3 Å². The highest BCUT2D eigenvalue weighted by Gasteiger charge is 2.27. The van der Waals surface area contributed by atoms with Gasteiger partial charge in [0.15, 0.2) is 11.4 Å². The first-order chi connectivity index (χ1) is 16.6. The number of aryl methyl sites for hydroxylation is 1. The molecule has 0 bridgehead atoms. The smallest absolute Gasteiger partial charge is 0.275 e. The predicted octanol–water partition coefficient (Wildman–Crippen LogP) is 1.11. The summed E-state index contributed by atoms with van der Waals surface area (Å²) in [5.74, 6) is -1.19. The Bertz CT molecular complexity index is 1390. The van der Waals surface area contributed by atoms with Gasteiger partial charge in [-0.15, -0.1) is 0 Å². The van der Waals surface area contributed by atoms with Crippen LogP contribution in [-0.2, 0) is 16.6 Å². The second-order valence-electron chi connectivity index (χ2n) is 8.50. The van der Waals surface area contributed by atoms with E-state index in [9.17, 15) is 23.1 Å². The maximum atomic E-state index is 12.9. The Hall–Kier alpha value is -3.54. The third-order valence-corrected chi connectivity index (χ3v) is 7.76. The van der Waals surface area contributed by atoms with Crippen LogP contribution in [0.25, 0.3) is 5.69 Å². The van der Waals surface area contributed by atoms with E-state index in [2.05, 4.69) is 15.3 Å². The van der Waals surface area contributed by atoms with Crippen molar-refractivity contribution in [3.63, 3.8) is 0 Å². The minimum Gasteiger partial charge on any atom is -0.505 e. The van der Waals surface area contributed by atoms with Gasteiger partial charge in [0.05, 0.1) is 10.6 Å². The number of rotatable bonds is 6. The molecule has 0 saturated carbocycles. The van der Waals surface area contributed by atoms with Gasteiger partial charge in [-0.1, -0.05) is 24.3 Å². The van der Waals surface area contributed by atoms with E-state index < -0.39 is 27.2 Å². The summed E-state index contributed by atoms with van der Waals surface area (Å²) in [6, 6.07) is 14.3. The quantitative estimate of drug-likeness (QED) is 0.523. The molecular weight excluding hydrogens is 470 g/mol. The lowest BCUT2D eigenvalue weighted by Crippen LogP contribution is -2.47. The number of carbonyl (C=O) groups is 1. The van der Waals surface area contributed by atoms with Crippen molar-refractivity contribution in [1.29, 1.82) is 0 Å². The van der Waals surface area contributed by atoms with Crippen LogP contribution in [-0.4, -0.2) is 71.6 Å². The van der Waals surface area contributed by atoms with Crippen LogP contribution in [0.15, 0.2) is 64.3 Å². The minimum atomic E-state index is -3.58. The molecule has 0 radical (unpaired) electrons. The molecule has 1 aromatic heterocycles. The summed E-state index contributed by atoms with van der Waals surface area (Å²) in [7, 11) is -1.62. The van der Waals surface area contributed by atoms with E-state index in [0.717, 1.165) is 16.3 Å². The van der Waals surface area contributed by atoms with E-state index >= 15 is 0 Å². The molecule has 1 fully saturated rings. The second kappa shape index (κ2) is 9.98. The number of hydrogen-bond acceptors (Lipinski definition) is 7. The van der Waals surface area contributed by atoms with E-state index in [1.807, 2.05) is 20.0 Å². The average molecular weight is 498 g/mol. The monoisotopic (exact) mass is 497 g/mol. The van der Waals surface area contributed by atoms with Gasteiger partial charge in [0, 0.05) is 38.8 Å². The van der Waals surface area contributed by atoms with Crippen molar-refractivity contribution in [2.75, 3.05) is 33.2 Å². The molecule has 1 saturated heterocycles. The highest BCUT2D eigenvalue weighted by molar-refractivity contribution is 7.89. The van der Waals surface area contributed by atoms with Gasteiger partial charge >= 0.3 is 0 Å². The summed E-state index contributed by atoms with van der Waals surface area (Å²) in [5.41, 5.74) is 1.19. The first kappa shape index (κ1) is 24.6. The lowest BCUT2D eigenvalue weighted by molar-refractivity contribution is 0.0941. The van der Waals surface area contributed by atoms with Gasteiger partial charge in [0.1, 0.15) is 0 Å². The summed E-state index contributed by atoms with van der Waals surface area (Å²) < 4.78 is 28.3. The van der Waals surface area contributed by atoms with Crippen LogP contribution in [0.1, 0.15) is 21.6 Å². The Labute approximate surface area is 203 Å². The van der Waals surface area contributed by atoms with E-state index in [1.165, 1.54) is 16.4 Å². The zero-order valence-corrected chi connectivity index (χ0v) is 20.3. The van der Waals surface area contributed by atoms with E-state index in [0.29, 0.717) is 37.4 Å². The largest absolute Gasteiger partial charge is 0.505 e. The summed E-state index contributed by atoms with van der Waals surface area (Å²) in [4.78, 5) is 27.3. The Morgan fingerprint density at radius 3 is 2.40 bits per heavy atom. The molecule has 2 N–H and O–H groups in total. The highest BCUT2D eigenvalue weighted by Crippen LogP contribution is 2.18. The number of nitrogens with one attached hydrogen (secondary N) is 1. The molecule has 1 aliphatic heterocycles. The molecule has 0 spiro atoms. The van der Waals surface area contributed by atoms with Crippen molar-refractivity contribution in [2.24, 2.45) is 0 Å². The van der Waals surface area contributed by atoms with Crippen LogP contribution in [0.4, 0.5) is 0 Å². The lowest BCUT2D eigenvalue weighted by Gasteiger charge is -2.31. The highest BCUT2D eigenvalue weighted by atomic mass is 32.2. The normalized spacial score (nSPS) is 15.1. The number of nitrogens with zero attached hydrogens (tertiary/aromatic N) is 4. The second-order valence-corrected chi connectivity index (χ2v) is 10.4. The number of sulfonamides is 1. The van der Waals surface area contributed by atoms with Crippen molar-refractivity contribution in [3.8, 4) is 11.4 Å². The Kier molecular flexibility index (Phi) is 7.01. The molecule has 3 aromatic rings. The first-order valence-electron chi connectivity index (χ1n) is 11.1. The van der Waals surface area contributed by atoms with Crippen molar-refractivity contribution in [2.45, 2.75) is 18.4 Å². The molecule has 184 valence electrons. The van der Waals surface area contributed by atoms with Gasteiger partial charge in [0.25, 0.3) is 11.5 Å². The number of likely N-dealkylation sites (N-methyl/N-ethyl adjacent to an activating group) is 1. The van der Waals surface area contributed by atoms with Gasteiger partial charge in [-0.05, 0) is 49.4 Å². The molecule has 35 heavy (non-hydrogen) atoms. The summed E-state index contributed by atoms with van der Waals surface area (Å²) in [6.45, 7) is 4.20. The third-order valence-electron chi connectivity index (χ3n) is 5.85. The molecule has 11 heteroatoms. The summed E-state index contributed by atoms with van der Waals surface area (Å²) in [5, 5.41) is 16.8. The van der Waals surface area contributed by atoms with E-state index in [-0.39, 0.29) is 17.1 Å². The average Bonchev–Trinajstić information content (AvgIpc) is 2.83. The molecular formula is C24H27N5O5S. The topological polar surface area (TPSA) is 125 Å². The summed E-state index contributed by atoms with van der Waals surface area (Å²) >= 11 is 0. The molecule has 2 heterocycles. The Morgan fingerprint density at radius 2 is 1.74 bits per heavy atom. The molecule has 0 atom stereocenters. The maximum absolute atomic E-state index is 12.9. The van der Waals surface area contributed by atoms with Crippen LogP contribution in [0.3, 0.4) is 0 Å². The third kappa shape index (κ3) is 5.42. The number of benzene rings is 2. The van der Waals surface area contributed by atoms with Crippen LogP contribution < -0.4 is 10.9 Å². The van der Waals surface area contributed by atoms with Gasteiger partial charge < -0.3 is 15.3 Å². The fourth-order valence-corrected chi connectivity index (χ4v) is 5.20. The molecule has 4 rings (SSSR count). The number of aromatic nitrogens is 2. The molecule has 1 aliphatic rings. The van der Waals surface area contributed by atoms with E-state index in [4.69, 9.17) is 0 Å². The van der Waals surface area contributed by atoms with Crippen LogP contribution in [0.2, 0.25) is 0 Å². The molecule has 2 aromatic carbocycles. The number of aromatic hydroxyl groups is 1. The Balaban J connectivity index is 1.46. The lowest BCUT2D eigenvalue weighted by atomic mass is 10.2. The number of piperazine rings is 1. The predicted molar refractivity (Wildman–Crippen MR) is 130 cm³/mol. The zero-order valence-electron chi connectivity index (χ0n) is 19.5. The van der Waals surface area contributed by atoms with Crippen LogP contribution >= 0.6 is 0 Å². The van der Waals surface area contributed by atoms with Gasteiger partial charge in [0.2, 0.25) is 10.0 Å². The van der Waals surface area contributed by atoms with Crippen LogP contribution in [0.5, 0.6) is 5.75 Å². The first-order valence-corrected chi connectivity index (χ1v) is 12.6. The van der Waals surface area contributed by atoms with Crippen molar-refractivity contribution >= 4 is 15.9 Å². The molecule has 0 aliphatic carbocycles. The van der Waals surface area contributed by atoms with Crippen molar-refractivity contribution < 1.29 is 18.3 Å². The summed E-state index contributed by atoms with van der Waals surface area (Å²) in [6.07, 6.45) is 0. The number of amides is 1. The molecule has 10 nitrogen and oxygen atoms in total. The van der Waals surface area contributed by atoms with E-state index in [1.54, 1.807) is 30.3 Å². The minimum absolute atomic E-state index is 0.0817.